The number of amides is 1. The molecule has 0 saturated heterocycles. The molecule has 0 aliphatic carbocycles. The highest BCUT2D eigenvalue weighted by molar-refractivity contribution is 6.31. The largest absolute Gasteiger partial charge is 0.304 e. The lowest BCUT2D eigenvalue weighted by Gasteiger charge is -2.06. The lowest BCUT2D eigenvalue weighted by Crippen LogP contribution is -2.16. The molecule has 1 N–H and O–H groups in total. The molecule has 1 aromatic carbocycles. The second-order valence-corrected chi connectivity index (χ2v) is 5.75. The molecule has 8 heteroatoms. The molecule has 2 aromatic heterocycles. The Hall–Kier alpha value is -2.67. The van der Waals surface area contributed by atoms with E-state index in [4.69, 9.17) is 11.6 Å². The van der Waals surface area contributed by atoms with Gasteiger partial charge in [-0.25, -0.2) is 4.39 Å². The number of aryl methyl sites for hydroxylation is 2. The second kappa shape index (κ2) is 6.45. The van der Waals surface area contributed by atoms with Gasteiger partial charge in [-0.15, -0.1) is 0 Å². The molecule has 6 nitrogen and oxygen atoms in total. The van der Waals surface area contributed by atoms with E-state index in [-0.39, 0.29) is 12.5 Å². The zero-order valence-electron chi connectivity index (χ0n) is 13.1. The van der Waals surface area contributed by atoms with Gasteiger partial charge >= 0.3 is 0 Å². The van der Waals surface area contributed by atoms with E-state index in [9.17, 15) is 9.18 Å². The quantitative estimate of drug-likeness (QED) is 0.789. The van der Waals surface area contributed by atoms with Gasteiger partial charge in [-0.3, -0.25) is 14.2 Å². The fourth-order valence-electron chi connectivity index (χ4n) is 2.37. The van der Waals surface area contributed by atoms with Gasteiger partial charge in [0.25, 0.3) is 5.91 Å². The molecule has 2 heterocycles. The SMILES string of the molecule is Cc1cc(C(=O)Nc2ccn(Cc3c(F)cccc3Cl)n2)n(C)n1. The standard InChI is InChI=1S/C16H15ClFN5O/c1-10-8-14(22(2)20-10)16(24)19-15-6-7-23(21-15)9-11-12(17)4-3-5-13(11)18/h3-8H,9H2,1-2H3,(H,19,21,24). The van der Waals surface area contributed by atoms with Crippen molar-refractivity contribution >= 4 is 23.3 Å². The molecule has 0 spiro atoms. The maximum absolute atomic E-state index is 13.8. The summed E-state index contributed by atoms with van der Waals surface area (Å²) < 4.78 is 16.8. The Morgan fingerprint density at radius 2 is 2.12 bits per heavy atom. The molecule has 0 saturated carbocycles. The predicted octanol–water partition coefficient (Wildman–Crippen LogP) is 3.02. The fourth-order valence-corrected chi connectivity index (χ4v) is 2.59. The van der Waals surface area contributed by atoms with Crippen LogP contribution in [-0.4, -0.2) is 25.5 Å². The zero-order valence-corrected chi connectivity index (χ0v) is 13.9. The van der Waals surface area contributed by atoms with Crippen LogP contribution in [0.5, 0.6) is 0 Å². The third-order valence-electron chi connectivity index (χ3n) is 3.50. The van der Waals surface area contributed by atoms with Crippen molar-refractivity contribution < 1.29 is 9.18 Å². The number of aromatic nitrogens is 4. The summed E-state index contributed by atoms with van der Waals surface area (Å²) in [5.74, 6) is -0.340. The van der Waals surface area contributed by atoms with Crippen LogP contribution in [0.15, 0.2) is 36.5 Å². The van der Waals surface area contributed by atoms with Gasteiger partial charge in [0.2, 0.25) is 0 Å². The molecule has 0 atom stereocenters. The van der Waals surface area contributed by atoms with Gasteiger partial charge < -0.3 is 5.32 Å². The molecule has 0 aliphatic rings. The maximum atomic E-state index is 13.8. The first-order valence-corrected chi connectivity index (χ1v) is 7.60. The normalized spacial score (nSPS) is 10.8. The van der Waals surface area contributed by atoms with Crippen molar-refractivity contribution in [2.45, 2.75) is 13.5 Å². The lowest BCUT2D eigenvalue weighted by molar-refractivity contribution is 0.101. The lowest BCUT2D eigenvalue weighted by atomic mass is 10.2. The average molecular weight is 348 g/mol. The van der Waals surface area contributed by atoms with Crippen LogP contribution in [0, 0.1) is 12.7 Å². The second-order valence-electron chi connectivity index (χ2n) is 5.35. The maximum Gasteiger partial charge on any atom is 0.275 e. The van der Waals surface area contributed by atoms with E-state index in [0.717, 1.165) is 5.69 Å². The molecule has 1 amide bonds. The summed E-state index contributed by atoms with van der Waals surface area (Å²) in [5, 5.41) is 11.4. The van der Waals surface area contributed by atoms with Crippen molar-refractivity contribution in [3.05, 3.63) is 64.3 Å². The Kier molecular flexibility index (Phi) is 4.35. The molecule has 0 bridgehead atoms. The average Bonchev–Trinajstić information content (AvgIpc) is 3.09. The summed E-state index contributed by atoms with van der Waals surface area (Å²) in [6.07, 6.45) is 1.65. The number of anilines is 1. The number of carbonyl (C=O) groups is 1. The Labute approximate surface area is 142 Å². The summed E-state index contributed by atoms with van der Waals surface area (Å²) in [6.45, 7) is 1.98. The highest BCUT2D eigenvalue weighted by atomic mass is 35.5. The minimum absolute atomic E-state index is 0.173. The molecular formula is C16H15ClFN5O. The molecule has 0 radical (unpaired) electrons. The van der Waals surface area contributed by atoms with Crippen LogP contribution in [0.25, 0.3) is 0 Å². The van der Waals surface area contributed by atoms with Crippen molar-refractivity contribution in [2.75, 3.05) is 5.32 Å². The number of nitrogens with one attached hydrogen (secondary N) is 1. The van der Waals surface area contributed by atoms with Crippen LogP contribution < -0.4 is 5.32 Å². The van der Waals surface area contributed by atoms with Crippen LogP contribution in [0.3, 0.4) is 0 Å². The van der Waals surface area contributed by atoms with Crippen LogP contribution in [0.1, 0.15) is 21.7 Å². The number of hydrogen-bond donors (Lipinski definition) is 1. The predicted molar refractivity (Wildman–Crippen MR) is 88.6 cm³/mol. The molecule has 3 aromatic rings. The van der Waals surface area contributed by atoms with E-state index in [1.165, 1.54) is 15.4 Å². The van der Waals surface area contributed by atoms with Crippen LogP contribution >= 0.6 is 11.6 Å². The van der Waals surface area contributed by atoms with E-state index < -0.39 is 5.82 Å². The number of halogens is 2. The van der Waals surface area contributed by atoms with Crippen molar-refractivity contribution in [2.24, 2.45) is 7.05 Å². The first-order chi connectivity index (χ1) is 11.4. The molecular weight excluding hydrogens is 333 g/mol. The first kappa shape index (κ1) is 16.2. The number of carbonyl (C=O) groups excluding carboxylic acids is 1. The van der Waals surface area contributed by atoms with Crippen LogP contribution in [0.4, 0.5) is 10.2 Å². The van der Waals surface area contributed by atoms with E-state index in [2.05, 4.69) is 15.5 Å². The Morgan fingerprint density at radius 1 is 1.33 bits per heavy atom. The van der Waals surface area contributed by atoms with Gasteiger partial charge in [0, 0.05) is 29.9 Å². The van der Waals surface area contributed by atoms with E-state index in [1.807, 2.05) is 6.92 Å². The Balaban J connectivity index is 1.74. The number of nitrogens with zero attached hydrogens (tertiary/aromatic N) is 4. The summed E-state index contributed by atoms with van der Waals surface area (Å²) in [4.78, 5) is 12.2. The van der Waals surface area contributed by atoms with Gasteiger partial charge in [0.15, 0.2) is 5.82 Å². The van der Waals surface area contributed by atoms with E-state index >= 15 is 0 Å². The van der Waals surface area contributed by atoms with Crippen molar-refractivity contribution in [3.8, 4) is 0 Å². The van der Waals surface area contributed by atoms with Gasteiger partial charge in [-0.1, -0.05) is 17.7 Å². The van der Waals surface area contributed by atoms with E-state index in [1.54, 1.807) is 37.5 Å². The first-order valence-electron chi connectivity index (χ1n) is 7.22. The topological polar surface area (TPSA) is 64.7 Å². The number of benzene rings is 1. The molecule has 0 unspecified atom stereocenters. The van der Waals surface area contributed by atoms with Crippen LogP contribution in [-0.2, 0) is 13.6 Å². The monoisotopic (exact) mass is 347 g/mol. The molecule has 3 rings (SSSR count). The summed E-state index contributed by atoms with van der Waals surface area (Å²) >= 11 is 6.01. The Morgan fingerprint density at radius 3 is 2.79 bits per heavy atom. The zero-order chi connectivity index (χ0) is 17.3. The van der Waals surface area contributed by atoms with Gasteiger partial charge in [0.05, 0.1) is 12.2 Å². The fraction of sp³-hybridized carbons (Fsp3) is 0.188. The van der Waals surface area contributed by atoms with Gasteiger partial charge in [-0.05, 0) is 25.1 Å². The summed E-state index contributed by atoms with van der Waals surface area (Å²) in [6, 6.07) is 7.84. The molecule has 0 fully saturated rings. The van der Waals surface area contributed by atoms with Crippen LogP contribution in [0.2, 0.25) is 5.02 Å². The molecule has 124 valence electrons. The van der Waals surface area contributed by atoms with Crippen molar-refractivity contribution in [1.82, 2.24) is 19.6 Å². The number of rotatable bonds is 4. The molecule has 24 heavy (non-hydrogen) atoms. The number of hydrogen-bond acceptors (Lipinski definition) is 3. The summed E-state index contributed by atoms with van der Waals surface area (Å²) in [5.41, 5.74) is 1.53. The van der Waals surface area contributed by atoms with Crippen molar-refractivity contribution in [3.63, 3.8) is 0 Å². The smallest absolute Gasteiger partial charge is 0.275 e. The Bertz CT molecular complexity index is 882. The van der Waals surface area contributed by atoms with Crippen molar-refractivity contribution in [1.29, 1.82) is 0 Å². The van der Waals surface area contributed by atoms with E-state index in [0.29, 0.717) is 22.1 Å². The third kappa shape index (κ3) is 3.30. The minimum Gasteiger partial charge on any atom is -0.304 e. The van der Waals surface area contributed by atoms with Gasteiger partial charge in [-0.2, -0.15) is 10.2 Å². The highest BCUT2D eigenvalue weighted by Crippen LogP contribution is 2.20. The van der Waals surface area contributed by atoms with Gasteiger partial charge in [0.1, 0.15) is 11.5 Å². The highest BCUT2D eigenvalue weighted by Gasteiger charge is 2.14. The third-order valence-corrected chi connectivity index (χ3v) is 3.85. The summed E-state index contributed by atoms with van der Waals surface area (Å²) in [7, 11) is 1.70. The minimum atomic E-state index is -0.394. The molecule has 0 aliphatic heterocycles.